The van der Waals surface area contributed by atoms with E-state index in [1.54, 1.807) is 11.0 Å². The first-order valence-corrected chi connectivity index (χ1v) is 7.48. The fourth-order valence-corrected chi connectivity index (χ4v) is 2.60. The Morgan fingerprint density at radius 3 is 2.67 bits per heavy atom. The molecule has 0 spiro atoms. The van der Waals surface area contributed by atoms with Crippen molar-refractivity contribution in [3.05, 3.63) is 12.7 Å². The third kappa shape index (κ3) is 5.00. The lowest BCUT2D eigenvalue weighted by atomic mass is 9.97. The third-order valence-corrected chi connectivity index (χ3v) is 3.53. The van der Waals surface area contributed by atoms with Crippen LogP contribution >= 0.6 is 0 Å². The Labute approximate surface area is 127 Å². The van der Waals surface area contributed by atoms with Crippen LogP contribution in [-0.2, 0) is 9.47 Å². The maximum Gasteiger partial charge on any atom is 0.412 e. The Morgan fingerprint density at radius 2 is 2.19 bits per heavy atom. The summed E-state index contributed by atoms with van der Waals surface area (Å²) in [7, 11) is 0. The Kier molecular flexibility index (Phi) is 5.82. The minimum atomic E-state index is -0.693. The molecule has 21 heavy (non-hydrogen) atoms. The normalized spacial score (nSPS) is 23.0. The van der Waals surface area contributed by atoms with E-state index in [1.165, 1.54) is 0 Å². The van der Waals surface area contributed by atoms with Gasteiger partial charge in [0.2, 0.25) is 0 Å². The number of carbonyl (C=O) groups excluding carboxylic acids is 1. The van der Waals surface area contributed by atoms with Crippen molar-refractivity contribution in [2.75, 3.05) is 13.2 Å². The van der Waals surface area contributed by atoms with E-state index in [-0.39, 0.29) is 24.7 Å². The molecule has 0 bridgehead atoms. The summed E-state index contributed by atoms with van der Waals surface area (Å²) in [5, 5.41) is 9.44. The molecule has 1 N–H and O–H groups in total. The van der Waals surface area contributed by atoms with Crippen molar-refractivity contribution < 1.29 is 19.4 Å². The first-order chi connectivity index (χ1) is 9.60. The Balaban J connectivity index is 2.83. The van der Waals surface area contributed by atoms with Crippen LogP contribution in [0.25, 0.3) is 0 Å². The van der Waals surface area contributed by atoms with E-state index in [2.05, 4.69) is 6.58 Å². The lowest BCUT2D eigenvalue weighted by Gasteiger charge is -2.35. The molecule has 5 heteroatoms. The summed E-state index contributed by atoms with van der Waals surface area (Å²) < 4.78 is 11.2. The predicted molar refractivity (Wildman–Crippen MR) is 81.9 cm³/mol. The van der Waals surface area contributed by atoms with Gasteiger partial charge in [-0.2, -0.15) is 0 Å². The van der Waals surface area contributed by atoms with Crippen LogP contribution in [0.4, 0.5) is 4.79 Å². The SMILES string of the molecule is C=CC[C@H](CO)C[C@H]1COC(C)(C)N1C(=O)OC(C)(C)C. The lowest BCUT2D eigenvalue weighted by Crippen LogP contribution is -2.50. The quantitative estimate of drug-likeness (QED) is 0.793. The lowest BCUT2D eigenvalue weighted by molar-refractivity contribution is -0.0633. The largest absolute Gasteiger partial charge is 0.444 e. The Morgan fingerprint density at radius 1 is 1.57 bits per heavy atom. The Bertz CT molecular complexity index is 373. The number of aliphatic hydroxyl groups is 1. The molecule has 1 rings (SSSR count). The van der Waals surface area contributed by atoms with E-state index >= 15 is 0 Å². The van der Waals surface area contributed by atoms with Crippen molar-refractivity contribution in [3.63, 3.8) is 0 Å². The van der Waals surface area contributed by atoms with E-state index < -0.39 is 11.3 Å². The molecule has 0 unspecified atom stereocenters. The molecule has 0 aromatic carbocycles. The van der Waals surface area contributed by atoms with Crippen molar-refractivity contribution in [1.29, 1.82) is 0 Å². The highest BCUT2D eigenvalue weighted by atomic mass is 16.6. The summed E-state index contributed by atoms with van der Waals surface area (Å²) >= 11 is 0. The fourth-order valence-electron chi connectivity index (χ4n) is 2.60. The van der Waals surface area contributed by atoms with Crippen LogP contribution in [0.3, 0.4) is 0 Å². The molecule has 1 aliphatic rings. The molecule has 0 aromatic rings. The zero-order valence-electron chi connectivity index (χ0n) is 13.9. The molecule has 1 fully saturated rings. The molecule has 0 aromatic heterocycles. The van der Waals surface area contributed by atoms with Crippen LogP contribution in [-0.4, -0.2) is 46.7 Å². The van der Waals surface area contributed by atoms with Gasteiger partial charge in [-0.05, 0) is 53.4 Å². The molecule has 1 amide bonds. The van der Waals surface area contributed by atoms with E-state index in [1.807, 2.05) is 34.6 Å². The molecule has 0 saturated carbocycles. The van der Waals surface area contributed by atoms with Crippen LogP contribution < -0.4 is 0 Å². The number of carbonyl (C=O) groups is 1. The minimum Gasteiger partial charge on any atom is -0.444 e. The van der Waals surface area contributed by atoms with Gasteiger partial charge < -0.3 is 14.6 Å². The van der Waals surface area contributed by atoms with Crippen LogP contribution in [0.1, 0.15) is 47.5 Å². The molecule has 1 saturated heterocycles. The Hall–Kier alpha value is -1.07. The summed E-state index contributed by atoms with van der Waals surface area (Å²) in [6.07, 6.45) is 2.81. The van der Waals surface area contributed by atoms with Gasteiger partial charge in [0.1, 0.15) is 11.3 Å². The van der Waals surface area contributed by atoms with E-state index in [0.29, 0.717) is 13.0 Å². The smallest absolute Gasteiger partial charge is 0.412 e. The summed E-state index contributed by atoms with van der Waals surface area (Å²) in [6.45, 7) is 13.5. The number of hydrogen-bond acceptors (Lipinski definition) is 4. The van der Waals surface area contributed by atoms with Crippen molar-refractivity contribution in [3.8, 4) is 0 Å². The van der Waals surface area contributed by atoms with E-state index in [0.717, 1.165) is 6.42 Å². The number of aliphatic hydroxyl groups excluding tert-OH is 1. The first kappa shape index (κ1) is 18.0. The average Bonchev–Trinajstić information content (AvgIpc) is 2.61. The maximum atomic E-state index is 12.5. The topological polar surface area (TPSA) is 59.0 Å². The van der Waals surface area contributed by atoms with Crippen molar-refractivity contribution in [1.82, 2.24) is 4.90 Å². The van der Waals surface area contributed by atoms with Gasteiger partial charge in [0, 0.05) is 6.61 Å². The number of nitrogens with zero attached hydrogens (tertiary/aromatic N) is 1. The van der Waals surface area contributed by atoms with Crippen molar-refractivity contribution in [2.24, 2.45) is 5.92 Å². The zero-order chi connectivity index (χ0) is 16.3. The number of hydrogen-bond donors (Lipinski definition) is 1. The highest BCUT2D eigenvalue weighted by molar-refractivity contribution is 5.69. The van der Waals surface area contributed by atoms with Crippen molar-refractivity contribution in [2.45, 2.75) is 64.8 Å². The summed E-state index contributed by atoms with van der Waals surface area (Å²) in [5.41, 5.74) is -1.24. The van der Waals surface area contributed by atoms with Gasteiger partial charge in [-0.1, -0.05) is 6.08 Å². The molecular formula is C16H29NO4. The van der Waals surface area contributed by atoms with Gasteiger partial charge in [0.05, 0.1) is 12.6 Å². The second kappa shape index (κ2) is 6.79. The van der Waals surface area contributed by atoms with Gasteiger partial charge in [-0.25, -0.2) is 4.79 Å². The number of rotatable bonds is 5. The molecule has 0 radical (unpaired) electrons. The van der Waals surface area contributed by atoms with Gasteiger partial charge >= 0.3 is 6.09 Å². The molecule has 2 atom stereocenters. The standard InChI is InChI=1S/C16H29NO4/c1-7-8-12(10-18)9-13-11-20-16(5,6)17(13)14(19)21-15(2,3)4/h7,12-13,18H,1,8-11H2,2-6H3/t12-,13-/m0/s1. The summed E-state index contributed by atoms with van der Waals surface area (Å²) in [4.78, 5) is 14.1. The molecule has 1 aliphatic heterocycles. The molecule has 5 nitrogen and oxygen atoms in total. The summed E-state index contributed by atoms with van der Waals surface area (Å²) in [5.74, 6) is 0.0786. The molecular weight excluding hydrogens is 270 g/mol. The first-order valence-electron chi connectivity index (χ1n) is 7.48. The number of allylic oxidation sites excluding steroid dienone is 1. The summed E-state index contributed by atoms with van der Waals surface area (Å²) in [6, 6.07) is -0.0908. The maximum absolute atomic E-state index is 12.5. The van der Waals surface area contributed by atoms with Crippen molar-refractivity contribution >= 4 is 6.09 Å². The average molecular weight is 299 g/mol. The molecule has 1 heterocycles. The van der Waals surface area contributed by atoms with Gasteiger partial charge in [0.25, 0.3) is 0 Å². The van der Waals surface area contributed by atoms with E-state index in [9.17, 15) is 9.90 Å². The fraction of sp³-hybridized carbons (Fsp3) is 0.812. The van der Waals surface area contributed by atoms with Gasteiger partial charge in [0.15, 0.2) is 0 Å². The second-order valence-corrected chi connectivity index (χ2v) is 7.07. The zero-order valence-corrected chi connectivity index (χ0v) is 13.9. The monoisotopic (exact) mass is 299 g/mol. The molecule has 0 aliphatic carbocycles. The van der Waals surface area contributed by atoms with Gasteiger partial charge in [-0.15, -0.1) is 6.58 Å². The second-order valence-electron chi connectivity index (χ2n) is 7.07. The van der Waals surface area contributed by atoms with Crippen LogP contribution in [0.2, 0.25) is 0 Å². The van der Waals surface area contributed by atoms with Crippen LogP contribution in [0, 0.1) is 5.92 Å². The highest BCUT2D eigenvalue weighted by Crippen LogP contribution is 2.32. The third-order valence-electron chi connectivity index (χ3n) is 3.53. The highest BCUT2D eigenvalue weighted by Gasteiger charge is 2.45. The number of ether oxygens (including phenoxy) is 2. The van der Waals surface area contributed by atoms with Crippen LogP contribution in [0.15, 0.2) is 12.7 Å². The number of amides is 1. The predicted octanol–water partition coefficient (Wildman–Crippen LogP) is 2.93. The van der Waals surface area contributed by atoms with E-state index in [4.69, 9.17) is 9.47 Å². The minimum absolute atomic E-state index is 0.0745. The molecule has 122 valence electrons. The van der Waals surface area contributed by atoms with Gasteiger partial charge in [-0.3, -0.25) is 4.90 Å². The van der Waals surface area contributed by atoms with Crippen LogP contribution in [0.5, 0.6) is 0 Å².